The Bertz CT molecular complexity index is 1310. The van der Waals surface area contributed by atoms with Gasteiger partial charge in [-0.1, -0.05) is 61.5 Å². The molecule has 0 saturated carbocycles. The molecule has 1 aliphatic carbocycles. The van der Waals surface area contributed by atoms with Crippen LogP contribution in [0.15, 0.2) is 90.1 Å². The molecule has 1 N–H and O–H groups in total. The van der Waals surface area contributed by atoms with Crippen LogP contribution in [0.2, 0.25) is 0 Å². The maximum Gasteiger partial charge on any atom is 0.227 e. The molecular weight excluding hydrogens is 458 g/mol. The fourth-order valence-corrected chi connectivity index (χ4v) is 5.77. The Morgan fingerprint density at radius 3 is 2.22 bits per heavy atom. The molecule has 1 amide bonds. The van der Waals surface area contributed by atoms with Crippen molar-refractivity contribution in [2.24, 2.45) is 0 Å². The number of ketones is 1. The van der Waals surface area contributed by atoms with Gasteiger partial charge in [0, 0.05) is 42.9 Å². The molecule has 190 valence electrons. The van der Waals surface area contributed by atoms with Crippen LogP contribution < -0.4 is 15.1 Å². The van der Waals surface area contributed by atoms with Crippen LogP contribution in [0.4, 0.5) is 17.1 Å². The quantitative estimate of drug-likeness (QED) is 0.408. The number of carbonyl (C=O) groups is 2. The predicted molar refractivity (Wildman–Crippen MR) is 151 cm³/mol. The summed E-state index contributed by atoms with van der Waals surface area (Å²) >= 11 is 0. The third-order valence-corrected chi connectivity index (χ3v) is 7.67. The van der Waals surface area contributed by atoms with Crippen molar-refractivity contribution < 1.29 is 9.59 Å². The topological polar surface area (TPSA) is 52.7 Å². The molecule has 0 radical (unpaired) electrons. The van der Waals surface area contributed by atoms with E-state index >= 15 is 0 Å². The molecule has 0 saturated heterocycles. The molecule has 0 unspecified atom stereocenters. The average molecular weight is 494 g/mol. The van der Waals surface area contributed by atoms with Gasteiger partial charge in [0.05, 0.1) is 17.4 Å². The van der Waals surface area contributed by atoms with E-state index in [-0.39, 0.29) is 17.6 Å². The lowest BCUT2D eigenvalue weighted by Crippen LogP contribution is -2.38. The largest absolute Gasteiger partial charge is 0.372 e. The van der Waals surface area contributed by atoms with Crippen molar-refractivity contribution in [2.45, 2.75) is 52.0 Å². The summed E-state index contributed by atoms with van der Waals surface area (Å²) in [6.07, 6.45) is 1.51. The lowest BCUT2D eigenvalue weighted by atomic mass is 9.78. The fraction of sp³-hybridized carbons (Fsp3) is 0.312. The molecule has 37 heavy (non-hydrogen) atoms. The minimum atomic E-state index is -0.460. The highest BCUT2D eigenvalue weighted by molar-refractivity contribution is 6.06. The van der Waals surface area contributed by atoms with E-state index in [1.165, 1.54) is 11.3 Å². The Kier molecular flexibility index (Phi) is 7.13. The predicted octanol–water partition coefficient (Wildman–Crippen LogP) is 6.84. The van der Waals surface area contributed by atoms with Gasteiger partial charge in [0.25, 0.3) is 0 Å². The van der Waals surface area contributed by atoms with Gasteiger partial charge >= 0.3 is 0 Å². The van der Waals surface area contributed by atoms with E-state index in [1.54, 1.807) is 0 Å². The van der Waals surface area contributed by atoms with Gasteiger partial charge in [-0.2, -0.15) is 0 Å². The number of allylic oxidation sites excluding steroid dienone is 1. The summed E-state index contributed by atoms with van der Waals surface area (Å²) in [5.74, 6) is 0.183. The molecule has 1 heterocycles. The number of carbonyl (C=O) groups excluding carboxylic acids is 2. The standard InChI is InChI=1S/C32H35N3O2/c1-4-30(37)35-28-15-11-10-14-26(28)33-27-20-24(22-16-18-25(19-17-22)34(5-2)6-3)21-29(36)31(27)32(35)23-12-8-7-9-13-23/h7-19,24,32-33H,4-6,20-21H2,1-3H3/t24-,32-/m1/s1. The third kappa shape index (κ3) is 4.66. The SMILES string of the molecule is CCC(=O)N1c2ccccc2NC2=C(C(=O)C[C@H](c3ccc(N(CC)CC)cc3)C2)[C@H]1c1ccccc1. The zero-order valence-corrected chi connectivity index (χ0v) is 21.9. The van der Waals surface area contributed by atoms with Gasteiger partial charge in [0.1, 0.15) is 0 Å². The van der Waals surface area contributed by atoms with Crippen molar-refractivity contribution in [2.75, 3.05) is 28.2 Å². The fourth-order valence-electron chi connectivity index (χ4n) is 5.77. The van der Waals surface area contributed by atoms with Crippen LogP contribution in [0, 0.1) is 0 Å². The lowest BCUT2D eigenvalue weighted by Gasteiger charge is -2.35. The van der Waals surface area contributed by atoms with E-state index in [0.717, 1.165) is 42.1 Å². The number of rotatable bonds is 6. The first-order chi connectivity index (χ1) is 18.0. The molecule has 0 fully saturated rings. The Morgan fingerprint density at radius 1 is 0.865 bits per heavy atom. The molecule has 0 bridgehead atoms. The molecule has 3 aromatic rings. The molecule has 0 aromatic heterocycles. The van der Waals surface area contributed by atoms with Crippen molar-refractivity contribution >= 4 is 28.8 Å². The Morgan fingerprint density at radius 2 is 1.54 bits per heavy atom. The maximum absolute atomic E-state index is 14.0. The lowest BCUT2D eigenvalue weighted by molar-refractivity contribution is -0.119. The second-order valence-corrected chi connectivity index (χ2v) is 9.76. The van der Waals surface area contributed by atoms with Crippen molar-refractivity contribution in [1.29, 1.82) is 0 Å². The number of fused-ring (bicyclic) bond motifs is 1. The van der Waals surface area contributed by atoms with E-state index in [0.29, 0.717) is 18.4 Å². The summed E-state index contributed by atoms with van der Waals surface area (Å²) < 4.78 is 0. The molecule has 2 aliphatic rings. The second kappa shape index (κ2) is 10.6. The van der Waals surface area contributed by atoms with E-state index < -0.39 is 6.04 Å². The molecule has 5 rings (SSSR count). The number of amides is 1. The first-order valence-electron chi connectivity index (χ1n) is 13.4. The maximum atomic E-state index is 14.0. The highest BCUT2D eigenvalue weighted by Gasteiger charge is 2.41. The zero-order valence-electron chi connectivity index (χ0n) is 21.9. The van der Waals surface area contributed by atoms with Crippen molar-refractivity contribution in [1.82, 2.24) is 0 Å². The molecule has 3 aromatic carbocycles. The van der Waals surface area contributed by atoms with Gasteiger partial charge in [-0.15, -0.1) is 0 Å². The minimum Gasteiger partial charge on any atom is -0.372 e. The Balaban J connectivity index is 1.60. The van der Waals surface area contributed by atoms with Crippen LogP contribution in [0.3, 0.4) is 0 Å². The number of nitrogens with one attached hydrogen (secondary N) is 1. The van der Waals surface area contributed by atoms with Crippen LogP contribution in [-0.4, -0.2) is 24.8 Å². The van der Waals surface area contributed by atoms with Gasteiger partial charge in [0.15, 0.2) is 5.78 Å². The van der Waals surface area contributed by atoms with Crippen LogP contribution in [0.1, 0.15) is 63.1 Å². The highest BCUT2D eigenvalue weighted by atomic mass is 16.2. The van der Waals surface area contributed by atoms with Crippen LogP contribution >= 0.6 is 0 Å². The van der Waals surface area contributed by atoms with Gasteiger partial charge < -0.3 is 10.2 Å². The Hall–Kier alpha value is -3.86. The minimum absolute atomic E-state index is 0.00114. The van der Waals surface area contributed by atoms with Crippen LogP contribution in [0.25, 0.3) is 0 Å². The first-order valence-corrected chi connectivity index (χ1v) is 13.4. The average Bonchev–Trinajstić information content (AvgIpc) is 3.09. The number of anilines is 3. The third-order valence-electron chi connectivity index (χ3n) is 7.67. The van der Waals surface area contributed by atoms with E-state index in [4.69, 9.17) is 0 Å². The number of hydrogen-bond acceptors (Lipinski definition) is 4. The Labute approximate surface area is 219 Å². The first kappa shape index (κ1) is 24.8. The molecular formula is C32H35N3O2. The molecule has 0 spiro atoms. The van der Waals surface area contributed by atoms with Crippen molar-refractivity contribution in [3.05, 3.63) is 101 Å². The summed E-state index contributed by atoms with van der Waals surface area (Å²) in [6, 6.07) is 26.1. The smallest absolute Gasteiger partial charge is 0.227 e. The number of hydrogen-bond donors (Lipinski definition) is 1. The van der Waals surface area contributed by atoms with Gasteiger partial charge in [-0.3, -0.25) is 14.5 Å². The number of Topliss-reactive ketones (excluding diaryl/α,β-unsaturated/α-hetero) is 1. The monoisotopic (exact) mass is 493 g/mol. The van der Waals surface area contributed by atoms with E-state index in [1.807, 2.05) is 66.4 Å². The van der Waals surface area contributed by atoms with E-state index in [2.05, 4.69) is 48.3 Å². The van der Waals surface area contributed by atoms with Crippen molar-refractivity contribution in [3.63, 3.8) is 0 Å². The van der Waals surface area contributed by atoms with Gasteiger partial charge in [-0.25, -0.2) is 0 Å². The summed E-state index contributed by atoms with van der Waals surface area (Å²) in [7, 11) is 0. The normalized spacial score (nSPS) is 19.0. The van der Waals surface area contributed by atoms with Gasteiger partial charge in [0.2, 0.25) is 5.91 Å². The molecule has 5 heteroatoms. The summed E-state index contributed by atoms with van der Waals surface area (Å²) in [6.45, 7) is 8.13. The van der Waals surface area contributed by atoms with E-state index in [9.17, 15) is 9.59 Å². The second-order valence-electron chi connectivity index (χ2n) is 9.76. The van der Waals surface area contributed by atoms with Crippen LogP contribution in [-0.2, 0) is 9.59 Å². The molecule has 5 nitrogen and oxygen atoms in total. The molecule has 2 atom stereocenters. The summed E-state index contributed by atoms with van der Waals surface area (Å²) in [5, 5.41) is 3.60. The van der Waals surface area contributed by atoms with Crippen molar-refractivity contribution in [3.8, 4) is 0 Å². The summed E-state index contributed by atoms with van der Waals surface area (Å²) in [4.78, 5) is 31.6. The highest BCUT2D eigenvalue weighted by Crippen LogP contribution is 2.47. The van der Waals surface area contributed by atoms with Crippen LogP contribution in [0.5, 0.6) is 0 Å². The number of nitrogens with zero attached hydrogens (tertiary/aromatic N) is 2. The number of benzene rings is 3. The van der Waals surface area contributed by atoms with Gasteiger partial charge in [-0.05, 0) is 61.6 Å². The molecule has 1 aliphatic heterocycles. The summed E-state index contributed by atoms with van der Waals surface area (Å²) in [5.41, 5.74) is 6.63. The zero-order chi connectivity index (χ0) is 25.9. The number of para-hydroxylation sites is 2.